The maximum atomic E-state index is 11.9. The van der Waals surface area contributed by atoms with Crippen molar-refractivity contribution in [1.82, 2.24) is 15.5 Å². The van der Waals surface area contributed by atoms with Crippen LogP contribution in [-0.4, -0.2) is 16.0 Å². The van der Waals surface area contributed by atoms with Crippen LogP contribution in [0.4, 0.5) is 0 Å². The third-order valence-corrected chi connectivity index (χ3v) is 3.88. The van der Waals surface area contributed by atoms with Crippen molar-refractivity contribution in [1.29, 1.82) is 0 Å². The molecule has 2 aromatic rings. The molecular weight excluding hydrogens is 272 g/mol. The molecule has 3 N–H and O–H groups in total. The standard InChI is InChI=1S/C14H18N4O3/c1-9(16-11(19)10-4-7-20-8-10)12-17-13(18-21-12)14(15)5-2-3-6-14/h4,7-9H,2-3,5-6,15H2,1H3,(H,16,19). The Morgan fingerprint density at radius 2 is 2.24 bits per heavy atom. The van der Waals surface area contributed by atoms with Crippen molar-refractivity contribution < 1.29 is 13.7 Å². The second-order valence-electron chi connectivity index (χ2n) is 5.53. The lowest BCUT2D eigenvalue weighted by Crippen LogP contribution is -2.34. The molecule has 1 atom stereocenters. The Kier molecular flexibility index (Phi) is 3.50. The molecule has 1 unspecified atom stereocenters. The number of amides is 1. The molecule has 0 radical (unpaired) electrons. The van der Waals surface area contributed by atoms with Crippen LogP contribution in [0.3, 0.4) is 0 Å². The first-order valence-corrected chi connectivity index (χ1v) is 7.04. The maximum absolute atomic E-state index is 11.9. The number of aromatic nitrogens is 2. The van der Waals surface area contributed by atoms with Gasteiger partial charge in [0.15, 0.2) is 5.82 Å². The molecule has 3 rings (SSSR count). The minimum atomic E-state index is -0.490. The molecule has 1 aliphatic carbocycles. The minimum Gasteiger partial charge on any atom is -0.472 e. The summed E-state index contributed by atoms with van der Waals surface area (Å²) in [6.07, 6.45) is 6.71. The molecule has 7 heteroatoms. The van der Waals surface area contributed by atoms with Gasteiger partial charge in [0.05, 0.1) is 17.4 Å². The van der Waals surface area contributed by atoms with Crippen molar-refractivity contribution in [2.45, 2.75) is 44.2 Å². The number of carbonyl (C=O) groups excluding carboxylic acids is 1. The third kappa shape index (κ3) is 2.69. The summed E-state index contributed by atoms with van der Waals surface area (Å²) in [5.41, 5.74) is 6.25. The fraction of sp³-hybridized carbons (Fsp3) is 0.500. The predicted molar refractivity (Wildman–Crippen MR) is 73.2 cm³/mol. The first-order chi connectivity index (χ1) is 10.1. The van der Waals surface area contributed by atoms with E-state index in [0.29, 0.717) is 17.3 Å². The van der Waals surface area contributed by atoms with Crippen molar-refractivity contribution in [3.63, 3.8) is 0 Å². The van der Waals surface area contributed by atoms with E-state index in [1.807, 2.05) is 0 Å². The van der Waals surface area contributed by atoms with Gasteiger partial charge in [-0.05, 0) is 25.8 Å². The molecule has 1 fully saturated rings. The molecule has 1 saturated carbocycles. The van der Waals surface area contributed by atoms with Gasteiger partial charge >= 0.3 is 0 Å². The summed E-state index contributed by atoms with van der Waals surface area (Å²) in [6.45, 7) is 1.78. The van der Waals surface area contributed by atoms with Crippen molar-refractivity contribution in [3.05, 3.63) is 35.9 Å². The highest BCUT2D eigenvalue weighted by atomic mass is 16.5. The van der Waals surface area contributed by atoms with Crippen LogP contribution >= 0.6 is 0 Å². The Labute approximate surface area is 121 Å². The summed E-state index contributed by atoms with van der Waals surface area (Å²) < 4.78 is 10.1. The van der Waals surface area contributed by atoms with Gasteiger partial charge in [-0.1, -0.05) is 18.0 Å². The van der Waals surface area contributed by atoms with E-state index >= 15 is 0 Å². The largest absolute Gasteiger partial charge is 0.472 e. The maximum Gasteiger partial charge on any atom is 0.255 e. The van der Waals surface area contributed by atoms with E-state index < -0.39 is 11.6 Å². The van der Waals surface area contributed by atoms with Crippen LogP contribution in [0.1, 0.15) is 60.7 Å². The molecular formula is C14H18N4O3. The van der Waals surface area contributed by atoms with Crippen LogP contribution in [0.2, 0.25) is 0 Å². The lowest BCUT2D eigenvalue weighted by atomic mass is 9.99. The van der Waals surface area contributed by atoms with Crippen molar-refractivity contribution >= 4 is 5.91 Å². The average molecular weight is 290 g/mol. The molecule has 2 aromatic heterocycles. The Hall–Kier alpha value is -2.15. The van der Waals surface area contributed by atoms with E-state index in [4.69, 9.17) is 14.7 Å². The fourth-order valence-corrected chi connectivity index (χ4v) is 2.58. The number of nitrogens with one attached hydrogen (secondary N) is 1. The molecule has 0 bridgehead atoms. The van der Waals surface area contributed by atoms with Gasteiger partial charge in [-0.15, -0.1) is 0 Å². The monoisotopic (exact) mass is 290 g/mol. The molecule has 2 heterocycles. The highest BCUT2D eigenvalue weighted by molar-refractivity contribution is 5.93. The van der Waals surface area contributed by atoms with Gasteiger partial charge in [0.1, 0.15) is 12.3 Å². The highest BCUT2D eigenvalue weighted by Crippen LogP contribution is 2.34. The van der Waals surface area contributed by atoms with E-state index in [1.165, 1.54) is 12.5 Å². The number of hydrogen-bond donors (Lipinski definition) is 2. The van der Waals surface area contributed by atoms with Crippen LogP contribution in [0.5, 0.6) is 0 Å². The number of nitrogens with two attached hydrogens (primary N) is 1. The number of nitrogens with zero attached hydrogens (tertiary/aromatic N) is 2. The van der Waals surface area contributed by atoms with Crippen LogP contribution < -0.4 is 11.1 Å². The molecule has 1 aliphatic rings. The van der Waals surface area contributed by atoms with Crippen LogP contribution in [0.15, 0.2) is 27.5 Å². The SMILES string of the molecule is CC(NC(=O)c1ccoc1)c1nc(C2(N)CCCC2)no1. The Morgan fingerprint density at radius 1 is 1.48 bits per heavy atom. The van der Waals surface area contributed by atoms with E-state index in [1.54, 1.807) is 13.0 Å². The van der Waals surface area contributed by atoms with Gasteiger partial charge in [0, 0.05) is 0 Å². The first kappa shape index (κ1) is 13.8. The number of hydrogen-bond acceptors (Lipinski definition) is 6. The van der Waals surface area contributed by atoms with Gasteiger partial charge in [-0.25, -0.2) is 0 Å². The summed E-state index contributed by atoms with van der Waals surface area (Å²) in [4.78, 5) is 16.3. The zero-order chi connectivity index (χ0) is 14.9. The van der Waals surface area contributed by atoms with E-state index in [0.717, 1.165) is 25.7 Å². The van der Waals surface area contributed by atoms with Gasteiger partial charge in [0.2, 0.25) is 5.89 Å². The van der Waals surface area contributed by atoms with Crippen LogP contribution in [0.25, 0.3) is 0 Å². The van der Waals surface area contributed by atoms with E-state index in [-0.39, 0.29) is 5.91 Å². The summed E-state index contributed by atoms with van der Waals surface area (Å²) in [5.74, 6) is 0.636. The second kappa shape index (κ2) is 5.33. The summed E-state index contributed by atoms with van der Waals surface area (Å²) in [5, 5.41) is 6.76. The molecule has 1 amide bonds. The fourth-order valence-electron chi connectivity index (χ4n) is 2.58. The zero-order valence-corrected chi connectivity index (χ0v) is 11.8. The quantitative estimate of drug-likeness (QED) is 0.890. The molecule has 0 aromatic carbocycles. The molecule has 0 spiro atoms. The predicted octanol–water partition coefficient (Wildman–Crippen LogP) is 1.88. The normalized spacial score (nSPS) is 18.6. The number of rotatable bonds is 4. The molecule has 21 heavy (non-hydrogen) atoms. The Morgan fingerprint density at radius 3 is 2.90 bits per heavy atom. The first-order valence-electron chi connectivity index (χ1n) is 7.04. The van der Waals surface area contributed by atoms with Gasteiger partial charge in [-0.2, -0.15) is 4.98 Å². The van der Waals surface area contributed by atoms with Gasteiger partial charge in [0.25, 0.3) is 5.91 Å². The average Bonchev–Trinajstić information content (AvgIpc) is 3.20. The molecule has 112 valence electrons. The second-order valence-corrected chi connectivity index (χ2v) is 5.53. The highest BCUT2D eigenvalue weighted by Gasteiger charge is 2.36. The summed E-state index contributed by atoms with van der Waals surface area (Å²) >= 11 is 0. The number of carbonyl (C=O) groups is 1. The van der Waals surface area contributed by atoms with Gasteiger partial charge < -0.3 is 20.0 Å². The third-order valence-electron chi connectivity index (χ3n) is 3.88. The summed E-state index contributed by atoms with van der Waals surface area (Å²) in [7, 11) is 0. The van der Waals surface area contributed by atoms with Crippen molar-refractivity contribution in [2.75, 3.05) is 0 Å². The van der Waals surface area contributed by atoms with Crippen molar-refractivity contribution in [2.24, 2.45) is 5.73 Å². The smallest absolute Gasteiger partial charge is 0.255 e. The molecule has 7 nitrogen and oxygen atoms in total. The lowest BCUT2D eigenvalue weighted by molar-refractivity contribution is 0.0932. The van der Waals surface area contributed by atoms with Crippen molar-refractivity contribution in [3.8, 4) is 0 Å². The van der Waals surface area contributed by atoms with Crippen LogP contribution in [0, 0.1) is 0 Å². The summed E-state index contributed by atoms with van der Waals surface area (Å²) in [6, 6.07) is 1.20. The van der Waals surface area contributed by atoms with E-state index in [2.05, 4.69) is 15.5 Å². The van der Waals surface area contributed by atoms with Gasteiger partial charge in [-0.3, -0.25) is 4.79 Å². The van der Waals surface area contributed by atoms with E-state index in [9.17, 15) is 4.79 Å². The molecule has 0 saturated heterocycles. The lowest BCUT2D eigenvalue weighted by Gasteiger charge is -2.17. The Balaban J connectivity index is 1.69. The zero-order valence-electron chi connectivity index (χ0n) is 11.8. The topological polar surface area (TPSA) is 107 Å². The molecule has 0 aliphatic heterocycles. The Bertz CT molecular complexity index is 614. The van der Waals surface area contributed by atoms with Crippen LogP contribution in [-0.2, 0) is 5.54 Å². The minimum absolute atomic E-state index is 0.251. The number of furan rings is 1.